The van der Waals surface area contributed by atoms with Crippen LogP contribution in [0.4, 0.5) is 0 Å². The molecule has 1 aliphatic carbocycles. The largest absolute Gasteiger partial charge is 0.467 e. The number of hydrogen-bond donors (Lipinski definition) is 2. The van der Waals surface area contributed by atoms with E-state index in [4.69, 9.17) is 4.74 Å². The zero-order chi connectivity index (χ0) is 24.1. The third-order valence-corrected chi connectivity index (χ3v) is 4.86. The lowest BCUT2D eigenvalue weighted by atomic mass is 9.83. The first-order chi connectivity index (χ1) is 15.7. The van der Waals surface area contributed by atoms with Crippen LogP contribution in [-0.2, 0) is 23.9 Å². The average Bonchev–Trinajstić information content (AvgIpc) is 2.82. The highest BCUT2D eigenvalue weighted by molar-refractivity contribution is 6.28. The van der Waals surface area contributed by atoms with Crippen LogP contribution in [0.2, 0.25) is 0 Å². The van der Waals surface area contributed by atoms with Crippen molar-refractivity contribution in [2.24, 2.45) is 0 Å². The van der Waals surface area contributed by atoms with Crippen molar-refractivity contribution in [3.63, 3.8) is 0 Å². The molecule has 0 aromatic heterocycles. The van der Waals surface area contributed by atoms with Crippen molar-refractivity contribution in [3.05, 3.63) is 70.3 Å². The molecule has 0 unspecified atom stereocenters. The van der Waals surface area contributed by atoms with Gasteiger partial charge in [-0.15, -0.1) is 0 Å². The molecular formula is C23H20N2O8. The number of ketones is 2. The van der Waals surface area contributed by atoms with Crippen molar-refractivity contribution in [3.8, 4) is 0 Å². The van der Waals surface area contributed by atoms with Crippen LogP contribution in [0.1, 0.15) is 49.1 Å². The van der Waals surface area contributed by atoms with Gasteiger partial charge in [0.25, 0.3) is 0 Å². The zero-order valence-electron chi connectivity index (χ0n) is 17.8. The normalized spacial score (nSPS) is 12.7. The summed E-state index contributed by atoms with van der Waals surface area (Å²) in [7, 11) is 1.10. The van der Waals surface area contributed by atoms with Crippen LogP contribution in [0, 0.1) is 0 Å². The molecule has 0 heterocycles. The molecule has 0 saturated carbocycles. The van der Waals surface area contributed by atoms with Gasteiger partial charge >= 0.3 is 11.9 Å². The molecule has 0 fully saturated rings. The minimum Gasteiger partial charge on any atom is -0.467 e. The summed E-state index contributed by atoms with van der Waals surface area (Å²) in [4.78, 5) is 72.7. The third kappa shape index (κ3) is 5.12. The van der Waals surface area contributed by atoms with Crippen molar-refractivity contribution in [2.75, 3.05) is 20.3 Å². The third-order valence-electron chi connectivity index (χ3n) is 4.86. The molecule has 0 aliphatic heterocycles. The maximum absolute atomic E-state index is 12.8. The maximum Gasteiger partial charge on any atom is 0.338 e. The van der Waals surface area contributed by atoms with Crippen LogP contribution in [-0.4, -0.2) is 61.6 Å². The van der Waals surface area contributed by atoms with Crippen molar-refractivity contribution in [1.82, 2.24) is 10.6 Å². The van der Waals surface area contributed by atoms with Crippen LogP contribution in [0.3, 0.4) is 0 Å². The number of rotatable bonds is 7. The van der Waals surface area contributed by atoms with E-state index in [-0.39, 0.29) is 34.6 Å². The molecule has 1 aliphatic rings. The Morgan fingerprint density at radius 3 is 2.12 bits per heavy atom. The summed E-state index contributed by atoms with van der Waals surface area (Å²) in [5.74, 6) is -3.58. The molecule has 10 nitrogen and oxygen atoms in total. The topological polar surface area (TPSA) is 145 Å². The van der Waals surface area contributed by atoms with Gasteiger partial charge in [0.05, 0.1) is 19.2 Å². The van der Waals surface area contributed by atoms with Crippen molar-refractivity contribution in [2.45, 2.75) is 13.0 Å². The number of nitrogens with one attached hydrogen (secondary N) is 2. The highest BCUT2D eigenvalue weighted by Gasteiger charge is 2.30. The smallest absolute Gasteiger partial charge is 0.338 e. The van der Waals surface area contributed by atoms with Gasteiger partial charge in [-0.2, -0.15) is 0 Å². The first-order valence-corrected chi connectivity index (χ1v) is 9.84. The molecule has 0 spiro atoms. The lowest BCUT2D eigenvalue weighted by Crippen LogP contribution is -2.48. The van der Waals surface area contributed by atoms with E-state index in [1.54, 1.807) is 18.2 Å². The molecule has 2 amide bonds. The second-order valence-electron chi connectivity index (χ2n) is 7.12. The first-order valence-electron chi connectivity index (χ1n) is 9.84. The number of hydrogen-bond acceptors (Lipinski definition) is 8. The minimum absolute atomic E-state index is 0.0116. The lowest BCUT2D eigenvalue weighted by Gasteiger charge is -2.19. The van der Waals surface area contributed by atoms with Gasteiger partial charge in [0.1, 0.15) is 6.61 Å². The van der Waals surface area contributed by atoms with E-state index < -0.39 is 42.2 Å². The monoisotopic (exact) mass is 452 g/mol. The molecule has 10 heteroatoms. The summed E-state index contributed by atoms with van der Waals surface area (Å²) >= 11 is 0. The van der Waals surface area contributed by atoms with E-state index in [0.717, 1.165) is 7.11 Å². The predicted molar refractivity (Wildman–Crippen MR) is 113 cm³/mol. The first kappa shape index (κ1) is 23.3. The van der Waals surface area contributed by atoms with Gasteiger partial charge < -0.3 is 20.1 Å². The number of ether oxygens (including phenoxy) is 2. The van der Waals surface area contributed by atoms with Gasteiger partial charge in [-0.05, 0) is 18.2 Å². The van der Waals surface area contributed by atoms with E-state index in [1.807, 2.05) is 0 Å². The molecule has 3 rings (SSSR count). The Labute approximate surface area is 188 Å². The molecule has 2 aromatic carbocycles. The summed E-state index contributed by atoms with van der Waals surface area (Å²) < 4.78 is 9.72. The predicted octanol–water partition coefficient (Wildman–Crippen LogP) is 0.413. The second-order valence-corrected chi connectivity index (χ2v) is 7.12. The maximum atomic E-state index is 12.8. The van der Waals surface area contributed by atoms with Crippen molar-refractivity contribution >= 4 is 35.3 Å². The molecule has 2 aromatic rings. The van der Waals surface area contributed by atoms with Gasteiger partial charge in [-0.3, -0.25) is 19.2 Å². The number of esters is 2. The molecule has 0 radical (unpaired) electrons. The molecule has 2 N–H and O–H groups in total. The van der Waals surface area contributed by atoms with E-state index in [9.17, 15) is 28.8 Å². The summed E-state index contributed by atoms with van der Waals surface area (Å²) in [5.41, 5.74) is 0.770. The number of methoxy groups -OCH3 is 1. The number of amides is 2. The van der Waals surface area contributed by atoms with Gasteiger partial charge in [-0.25, -0.2) is 9.59 Å². The fourth-order valence-corrected chi connectivity index (χ4v) is 3.23. The molecular weight excluding hydrogens is 432 g/mol. The second kappa shape index (κ2) is 9.86. The minimum atomic E-state index is -1.31. The van der Waals surface area contributed by atoms with Crippen LogP contribution in [0.15, 0.2) is 42.5 Å². The van der Waals surface area contributed by atoms with E-state index in [2.05, 4.69) is 15.4 Å². The molecule has 33 heavy (non-hydrogen) atoms. The SMILES string of the molecule is COC(=O)[C@H](COC(=O)c1ccc2c(c1)C(=O)c1ccccc1C2=O)NC(=O)CNC(C)=O. The van der Waals surface area contributed by atoms with Crippen molar-refractivity contribution in [1.29, 1.82) is 0 Å². The zero-order valence-corrected chi connectivity index (χ0v) is 17.8. The van der Waals surface area contributed by atoms with E-state index in [1.165, 1.54) is 31.2 Å². The average molecular weight is 452 g/mol. The van der Waals surface area contributed by atoms with Gasteiger partial charge in [-0.1, -0.05) is 24.3 Å². The summed E-state index contributed by atoms with van der Waals surface area (Å²) in [6, 6.07) is 9.05. The summed E-state index contributed by atoms with van der Waals surface area (Å²) in [5, 5.41) is 4.57. The fraction of sp³-hybridized carbons (Fsp3) is 0.217. The molecule has 1 atom stereocenters. The number of carbonyl (C=O) groups excluding carboxylic acids is 6. The summed E-state index contributed by atoms with van der Waals surface area (Å²) in [6.07, 6.45) is 0. The number of carbonyl (C=O) groups is 6. The standard InChI is InChI=1S/C23H20N2O8/c1-12(26)24-10-19(27)25-18(23(31)32-2)11-33-22(30)13-7-8-16-17(9-13)21(29)15-6-4-3-5-14(15)20(16)28/h3-9,18H,10-11H2,1-2H3,(H,24,26)(H,25,27)/t18-/m0/s1. The van der Waals surface area contributed by atoms with Gasteiger partial charge in [0.15, 0.2) is 17.6 Å². The summed E-state index contributed by atoms with van der Waals surface area (Å²) in [6.45, 7) is 0.297. The Hall–Kier alpha value is -4.34. The quantitative estimate of drug-likeness (QED) is 0.491. The van der Waals surface area contributed by atoms with E-state index in [0.29, 0.717) is 5.56 Å². The van der Waals surface area contributed by atoms with Crippen molar-refractivity contribution < 1.29 is 38.2 Å². The Balaban J connectivity index is 1.72. The lowest BCUT2D eigenvalue weighted by molar-refractivity contribution is -0.146. The number of benzene rings is 2. The Morgan fingerprint density at radius 1 is 0.909 bits per heavy atom. The van der Waals surface area contributed by atoms with Crippen LogP contribution >= 0.6 is 0 Å². The highest BCUT2D eigenvalue weighted by atomic mass is 16.5. The van der Waals surface area contributed by atoms with E-state index >= 15 is 0 Å². The van der Waals surface area contributed by atoms with Crippen LogP contribution in [0.25, 0.3) is 0 Å². The van der Waals surface area contributed by atoms with Gasteiger partial charge in [0.2, 0.25) is 11.8 Å². The fourth-order valence-electron chi connectivity index (χ4n) is 3.23. The highest BCUT2D eigenvalue weighted by Crippen LogP contribution is 2.28. The Morgan fingerprint density at radius 2 is 1.52 bits per heavy atom. The molecule has 0 bridgehead atoms. The Kier molecular flexibility index (Phi) is 6.97. The molecule has 0 saturated heterocycles. The Bertz CT molecular complexity index is 1170. The number of fused-ring (bicyclic) bond motifs is 2. The van der Waals surface area contributed by atoms with Crippen LogP contribution < -0.4 is 10.6 Å². The van der Waals surface area contributed by atoms with Crippen LogP contribution in [0.5, 0.6) is 0 Å². The van der Waals surface area contributed by atoms with Gasteiger partial charge in [0, 0.05) is 29.2 Å². The molecule has 170 valence electrons.